The van der Waals surface area contributed by atoms with E-state index in [-0.39, 0.29) is 28.3 Å². The quantitative estimate of drug-likeness (QED) is 0.745. The number of aryl methyl sites for hydroxylation is 1. The van der Waals surface area contributed by atoms with Crippen LogP contribution in [-0.2, 0) is 0 Å². The van der Waals surface area contributed by atoms with E-state index < -0.39 is 23.0 Å². The molecule has 28 heavy (non-hydrogen) atoms. The fraction of sp³-hybridized carbons (Fsp3) is 0.250. The van der Waals surface area contributed by atoms with Gasteiger partial charge in [0.05, 0.1) is 18.0 Å². The summed E-state index contributed by atoms with van der Waals surface area (Å²) in [7, 11) is 1.21. The Hall–Kier alpha value is -3.29. The molecule has 1 fully saturated rings. The van der Waals surface area contributed by atoms with E-state index in [1.807, 2.05) is 0 Å². The van der Waals surface area contributed by atoms with Crippen LogP contribution in [0, 0.1) is 18.6 Å². The lowest BCUT2D eigenvalue weighted by molar-refractivity contribution is 0.102. The van der Waals surface area contributed by atoms with E-state index in [9.17, 15) is 18.4 Å². The molecule has 0 aliphatic heterocycles. The first kappa shape index (κ1) is 18.1. The van der Waals surface area contributed by atoms with E-state index in [1.54, 1.807) is 29.7 Å². The van der Waals surface area contributed by atoms with E-state index in [0.717, 1.165) is 18.9 Å². The summed E-state index contributed by atoms with van der Waals surface area (Å²) in [4.78, 5) is 29.8. The zero-order valence-electron chi connectivity index (χ0n) is 15.3. The summed E-state index contributed by atoms with van der Waals surface area (Å²) >= 11 is 0. The largest absolute Gasteiger partial charge is 0.491 e. The summed E-state index contributed by atoms with van der Waals surface area (Å²) in [5.74, 6) is -3.08. The molecule has 2 aromatic heterocycles. The summed E-state index contributed by atoms with van der Waals surface area (Å²) in [6.07, 6.45) is 2.99. The fourth-order valence-electron chi connectivity index (χ4n) is 3.21. The standard InChI is InChI=1S/C20H17F2N3O3/c1-10-4-3-5-15(23-10)24-20(27)13-9-25(11-6-7-11)17-12(18(13)26)8-14(21)16(22)19(17)28-2/h3-5,8-9,11H,6-7H2,1-2H3,(H,23,24,27). The number of pyridine rings is 2. The van der Waals surface area contributed by atoms with Gasteiger partial charge in [-0.1, -0.05) is 6.07 Å². The Morgan fingerprint density at radius 1 is 1.32 bits per heavy atom. The maximum atomic E-state index is 14.2. The van der Waals surface area contributed by atoms with Crippen molar-refractivity contribution in [2.75, 3.05) is 12.4 Å². The van der Waals surface area contributed by atoms with Crippen LogP contribution in [0.5, 0.6) is 5.75 Å². The van der Waals surface area contributed by atoms with Gasteiger partial charge in [0.2, 0.25) is 11.2 Å². The number of carbonyl (C=O) groups is 1. The molecule has 0 spiro atoms. The van der Waals surface area contributed by atoms with Crippen LogP contribution < -0.4 is 15.5 Å². The second-order valence-corrected chi connectivity index (χ2v) is 6.73. The summed E-state index contributed by atoms with van der Waals surface area (Å²) < 4.78 is 34.9. The molecule has 144 valence electrons. The first-order chi connectivity index (χ1) is 13.4. The summed E-state index contributed by atoms with van der Waals surface area (Å²) in [6.45, 7) is 1.77. The Labute approximate surface area is 158 Å². The van der Waals surface area contributed by atoms with Crippen molar-refractivity contribution in [3.63, 3.8) is 0 Å². The molecule has 1 amide bonds. The monoisotopic (exact) mass is 385 g/mol. The number of methoxy groups -OCH3 is 1. The molecule has 4 rings (SSSR count). The highest BCUT2D eigenvalue weighted by molar-refractivity contribution is 6.05. The molecule has 0 radical (unpaired) electrons. The Morgan fingerprint density at radius 3 is 2.71 bits per heavy atom. The fourth-order valence-corrected chi connectivity index (χ4v) is 3.21. The second-order valence-electron chi connectivity index (χ2n) is 6.73. The van der Waals surface area contributed by atoms with Crippen LogP contribution in [0.3, 0.4) is 0 Å². The van der Waals surface area contributed by atoms with Crippen molar-refractivity contribution in [1.29, 1.82) is 0 Å². The molecule has 1 N–H and O–H groups in total. The first-order valence-corrected chi connectivity index (χ1v) is 8.76. The van der Waals surface area contributed by atoms with E-state index in [2.05, 4.69) is 10.3 Å². The Balaban J connectivity index is 1.90. The van der Waals surface area contributed by atoms with Gasteiger partial charge >= 0.3 is 0 Å². The molecular formula is C20H17F2N3O3. The van der Waals surface area contributed by atoms with Crippen LogP contribution in [0.1, 0.15) is 34.9 Å². The Bertz CT molecular complexity index is 1170. The molecule has 2 heterocycles. The van der Waals surface area contributed by atoms with E-state index in [0.29, 0.717) is 11.5 Å². The van der Waals surface area contributed by atoms with Gasteiger partial charge < -0.3 is 14.6 Å². The number of hydrogen-bond acceptors (Lipinski definition) is 4. The van der Waals surface area contributed by atoms with Gasteiger partial charge in [-0.05, 0) is 38.0 Å². The Morgan fingerprint density at radius 2 is 2.07 bits per heavy atom. The number of fused-ring (bicyclic) bond motifs is 1. The summed E-state index contributed by atoms with van der Waals surface area (Å²) in [6, 6.07) is 5.91. The normalized spacial score (nSPS) is 13.6. The van der Waals surface area contributed by atoms with Crippen molar-refractivity contribution < 1.29 is 18.3 Å². The minimum Gasteiger partial charge on any atom is -0.491 e. The molecule has 1 aromatic carbocycles. The molecule has 1 aliphatic carbocycles. The van der Waals surface area contributed by atoms with Crippen LogP contribution in [0.15, 0.2) is 35.3 Å². The van der Waals surface area contributed by atoms with Crippen molar-refractivity contribution in [3.8, 4) is 5.75 Å². The number of benzene rings is 1. The molecule has 1 saturated carbocycles. The molecule has 3 aromatic rings. The molecular weight excluding hydrogens is 368 g/mol. The van der Waals surface area contributed by atoms with Crippen LogP contribution in [0.4, 0.5) is 14.6 Å². The third-order valence-corrected chi connectivity index (χ3v) is 4.68. The lowest BCUT2D eigenvalue weighted by Crippen LogP contribution is -2.24. The van der Waals surface area contributed by atoms with E-state index >= 15 is 0 Å². The number of ether oxygens (including phenoxy) is 1. The summed E-state index contributed by atoms with van der Waals surface area (Å²) in [5.41, 5.74) is -0.0156. The van der Waals surface area contributed by atoms with Crippen molar-refractivity contribution in [1.82, 2.24) is 9.55 Å². The highest BCUT2D eigenvalue weighted by Crippen LogP contribution is 2.40. The molecule has 6 nitrogen and oxygen atoms in total. The molecule has 0 bridgehead atoms. The van der Waals surface area contributed by atoms with Crippen molar-refractivity contribution in [3.05, 3.63) is 63.6 Å². The maximum Gasteiger partial charge on any atom is 0.262 e. The number of carbonyl (C=O) groups excluding carboxylic acids is 1. The second kappa shape index (κ2) is 6.70. The van der Waals surface area contributed by atoms with Crippen molar-refractivity contribution in [2.24, 2.45) is 0 Å². The zero-order valence-corrected chi connectivity index (χ0v) is 15.3. The van der Waals surface area contributed by atoms with Crippen LogP contribution in [0.2, 0.25) is 0 Å². The average molecular weight is 385 g/mol. The molecule has 1 aliphatic rings. The van der Waals surface area contributed by atoms with Gasteiger partial charge in [-0.15, -0.1) is 0 Å². The number of halogens is 2. The van der Waals surface area contributed by atoms with Gasteiger partial charge in [0.25, 0.3) is 5.91 Å². The van der Waals surface area contributed by atoms with Gasteiger partial charge in [-0.2, -0.15) is 4.39 Å². The van der Waals surface area contributed by atoms with Crippen molar-refractivity contribution >= 4 is 22.6 Å². The van der Waals surface area contributed by atoms with Gasteiger partial charge in [-0.3, -0.25) is 9.59 Å². The number of hydrogen-bond donors (Lipinski definition) is 1. The topological polar surface area (TPSA) is 73.2 Å². The number of nitrogens with zero attached hydrogens (tertiary/aromatic N) is 2. The predicted molar refractivity (Wildman–Crippen MR) is 99.9 cm³/mol. The number of anilines is 1. The van der Waals surface area contributed by atoms with Gasteiger partial charge in [-0.25, -0.2) is 9.37 Å². The number of nitrogens with one attached hydrogen (secondary N) is 1. The van der Waals surface area contributed by atoms with Crippen LogP contribution >= 0.6 is 0 Å². The first-order valence-electron chi connectivity index (χ1n) is 8.76. The molecule has 0 saturated heterocycles. The Kier molecular flexibility index (Phi) is 4.33. The lowest BCUT2D eigenvalue weighted by Gasteiger charge is -2.16. The number of rotatable bonds is 4. The minimum atomic E-state index is -1.21. The third-order valence-electron chi connectivity index (χ3n) is 4.68. The van der Waals surface area contributed by atoms with E-state index in [1.165, 1.54) is 13.3 Å². The van der Waals surface area contributed by atoms with Gasteiger partial charge in [0.1, 0.15) is 11.4 Å². The molecule has 8 heteroatoms. The number of amides is 1. The highest BCUT2D eigenvalue weighted by atomic mass is 19.2. The number of aromatic nitrogens is 2. The smallest absolute Gasteiger partial charge is 0.262 e. The molecule has 0 atom stereocenters. The summed E-state index contributed by atoms with van der Waals surface area (Å²) in [5, 5.41) is 2.48. The van der Waals surface area contributed by atoms with Gasteiger partial charge in [0.15, 0.2) is 11.6 Å². The molecule has 0 unspecified atom stereocenters. The SMILES string of the molecule is COc1c(F)c(F)cc2c(=O)c(C(=O)Nc3cccc(C)n3)cn(C3CC3)c12. The predicted octanol–water partition coefficient (Wildman–Crippen LogP) is 3.58. The highest BCUT2D eigenvalue weighted by Gasteiger charge is 2.30. The van der Waals surface area contributed by atoms with Crippen molar-refractivity contribution in [2.45, 2.75) is 25.8 Å². The van der Waals surface area contributed by atoms with Gasteiger partial charge in [0, 0.05) is 17.9 Å². The van der Waals surface area contributed by atoms with Crippen LogP contribution in [-0.4, -0.2) is 22.6 Å². The average Bonchev–Trinajstić information content (AvgIpc) is 3.49. The lowest BCUT2D eigenvalue weighted by atomic mass is 10.1. The third kappa shape index (κ3) is 3.00. The zero-order chi connectivity index (χ0) is 20.0. The van der Waals surface area contributed by atoms with Crippen LogP contribution in [0.25, 0.3) is 10.9 Å². The maximum absolute atomic E-state index is 14.2. The minimum absolute atomic E-state index is 0.00879. The van der Waals surface area contributed by atoms with E-state index in [4.69, 9.17) is 4.74 Å².